The number of piperidine rings is 1. The summed E-state index contributed by atoms with van der Waals surface area (Å²) >= 11 is 3.43. The number of hydrogen-bond acceptors (Lipinski definition) is 3. The molecule has 2 atom stereocenters. The highest BCUT2D eigenvalue weighted by Crippen LogP contribution is 2.18. The smallest absolute Gasteiger partial charge is 0.254 e. The van der Waals surface area contributed by atoms with Crippen LogP contribution in [-0.4, -0.2) is 34.3 Å². The van der Waals surface area contributed by atoms with E-state index in [2.05, 4.69) is 38.6 Å². The van der Waals surface area contributed by atoms with Crippen molar-refractivity contribution < 1.29 is 4.79 Å². The number of rotatable bonds is 3. The zero-order valence-corrected chi connectivity index (χ0v) is 14.9. The number of hydrogen-bond donors (Lipinski definition) is 2. The zero-order valence-electron chi connectivity index (χ0n) is 13.3. The normalized spacial score (nSPS) is 21.2. The monoisotopic (exact) mass is 376 g/mol. The summed E-state index contributed by atoms with van der Waals surface area (Å²) in [5, 5.41) is 10.9. The molecule has 1 amide bonds. The molecule has 2 aromatic rings. The predicted octanol–water partition coefficient (Wildman–Crippen LogP) is 2.81. The summed E-state index contributed by atoms with van der Waals surface area (Å²) < 4.78 is 2.82. The number of carbonyl (C=O) groups excluding carboxylic acids is 1. The van der Waals surface area contributed by atoms with Crippen LogP contribution in [0.15, 0.2) is 34.9 Å². The minimum atomic E-state index is -0.0371. The van der Waals surface area contributed by atoms with Gasteiger partial charge in [-0.05, 0) is 57.5 Å². The third kappa shape index (κ3) is 3.64. The highest BCUT2D eigenvalue weighted by molar-refractivity contribution is 9.10. The fourth-order valence-electron chi connectivity index (χ4n) is 3.00. The van der Waals surface area contributed by atoms with Gasteiger partial charge in [-0.3, -0.25) is 4.79 Å². The summed E-state index contributed by atoms with van der Waals surface area (Å²) in [5.41, 5.74) is 2.44. The third-order valence-corrected chi connectivity index (χ3v) is 4.81. The Hall–Kier alpha value is -1.66. The first kappa shape index (κ1) is 16.2. The first-order valence-electron chi connectivity index (χ1n) is 7.89. The second-order valence-electron chi connectivity index (χ2n) is 6.08. The van der Waals surface area contributed by atoms with Gasteiger partial charge in [0, 0.05) is 16.6 Å². The molecule has 0 aliphatic carbocycles. The molecule has 1 saturated heterocycles. The van der Waals surface area contributed by atoms with Gasteiger partial charge in [0.1, 0.15) is 0 Å². The zero-order chi connectivity index (χ0) is 16.4. The molecular formula is C17H21BrN4O. The molecule has 1 aromatic carbocycles. The maximum atomic E-state index is 12.5. The second kappa shape index (κ2) is 6.84. The van der Waals surface area contributed by atoms with E-state index in [1.807, 2.05) is 31.2 Å². The Morgan fingerprint density at radius 2 is 2.13 bits per heavy atom. The number of aromatic nitrogens is 2. The van der Waals surface area contributed by atoms with Crippen molar-refractivity contribution in [2.45, 2.75) is 38.8 Å². The fourth-order valence-corrected chi connectivity index (χ4v) is 3.27. The van der Waals surface area contributed by atoms with Crippen molar-refractivity contribution in [3.63, 3.8) is 0 Å². The topological polar surface area (TPSA) is 59.0 Å². The summed E-state index contributed by atoms with van der Waals surface area (Å²) in [5.74, 6) is -0.0371. The Bertz CT molecular complexity index is 695. The Morgan fingerprint density at radius 3 is 2.83 bits per heavy atom. The van der Waals surface area contributed by atoms with Gasteiger partial charge in [-0.2, -0.15) is 5.10 Å². The van der Waals surface area contributed by atoms with Gasteiger partial charge in [0.15, 0.2) is 0 Å². The number of halogens is 1. The number of nitrogens with zero attached hydrogens (tertiary/aromatic N) is 2. The van der Waals surface area contributed by atoms with Crippen molar-refractivity contribution in [1.82, 2.24) is 20.4 Å². The molecule has 23 heavy (non-hydrogen) atoms. The molecule has 0 bridgehead atoms. The predicted molar refractivity (Wildman–Crippen MR) is 94.0 cm³/mol. The number of benzene rings is 1. The van der Waals surface area contributed by atoms with Gasteiger partial charge < -0.3 is 10.6 Å². The van der Waals surface area contributed by atoms with Crippen molar-refractivity contribution >= 4 is 21.8 Å². The average molecular weight is 377 g/mol. The van der Waals surface area contributed by atoms with Gasteiger partial charge in [0.2, 0.25) is 0 Å². The summed E-state index contributed by atoms with van der Waals surface area (Å²) in [6.07, 6.45) is 3.58. The summed E-state index contributed by atoms with van der Waals surface area (Å²) in [4.78, 5) is 12.5. The highest BCUT2D eigenvalue weighted by atomic mass is 79.9. The molecule has 2 heterocycles. The molecule has 0 saturated carbocycles. The minimum Gasteiger partial charge on any atom is -0.349 e. The lowest BCUT2D eigenvalue weighted by atomic mass is 10.0. The quantitative estimate of drug-likeness (QED) is 0.865. The molecule has 2 N–H and O–H groups in total. The maximum Gasteiger partial charge on any atom is 0.254 e. The molecular weight excluding hydrogens is 356 g/mol. The van der Waals surface area contributed by atoms with Crippen molar-refractivity contribution in [1.29, 1.82) is 0 Å². The molecule has 1 aliphatic rings. The van der Waals surface area contributed by atoms with Crippen LogP contribution in [0.2, 0.25) is 0 Å². The molecule has 1 aliphatic heterocycles. The second-order valence-corrected chi connectivity index (χ2v) is 7.00. The van der Waals surface area contributed by atoms with Crippen molar-refractivity contribution in [3.05, 3.63) is 46.2 Å². The van der Waals surface area contributed by atoms with Crippen LogP contribution in [0.5, 0.6) is 0 Å². The summed E-state index contributed by atoms with van der Waals surface area (Å²) in [6.45, 7) is 5.02. The van der Waals surface area contributed by atoms with E-state index in [-0.39, 0.29) is 11.9 Å². The van der Waals surface area contributed by atoms with E-state index < -0.39 is 0 Å². The van der Waals surface area contributed by atoms with E-state index in [1.165, 1.54) is 0 Å². The van der Waals surface area contributed by atoms with Gasteiger partial charge >= 0.3 is 0 Å². The maximum absolute atomic E-state index is 12.5. The summed E-state index contributed by atoms with van der Waals surface area (Å²) in [7, 11) is 0. The van der Waals surface area contributed by atoms with E-state index in [0.717, 1.165) is 35.2 Å². The lowest BCUT2D eigenvalue weighted by molar-refractivity contribution is 0.0925. The van der Waals surface area contributed by atoms with Crippen molar-refractivity contribution in [2.75, 3.05) is 6.54 Å². The number of carbonyl (C=O) groups is 1. The van der Waals surface area contributed by atoms with Crippen LogP contribution in [0.25, 0.3) is 5.69 Å². The molecule has 6 heteroatoms. The molecule has 2 unspecified atom stereocenters. The van der Waals surface area contributed by atoms with E-state index in [0.29, 0.717) is 11.6 Å². The van der Waals surface area contributed by atoms with Gasteiger partial charge in [0.25, 0.3) is 5.91 Å². The first-order valence-corrected chi connectivity index (χ1v) is 8.68. The van der Waals surface area contributed by atoms with Crippen LogP contribution in [-0.2, 0) is 0 Å². The highest BCUT2D eigenvalue weighted by Gasteiger charge is 2.22. The van der Waals surface area contributed by atoms with Crippen LogP contribution >= 0.6 is 15.9 Å². The molecule has 3 rings (SSSR count). The van der Waals surface area contributed by atoms with Crippen molar-refractivity contribution in [3.8, 4) is 5.69 Å². The summed E-state index contributed by atoms with van der Waals surface area (Å²) in [6, 6.07) is 8.55. The molecule has 122 valence electrons. The van der Waals surface area contributed by atoms with Gasteiger partial charge in [-0.25, -0.2) is 4.68 Å². The van der Waals surface area contributed by atoms with Crippen LogP contribution < -0.4 is 10.6 Å². The third-order valence-electron chi connectivity index (χ3n) is 4.28. The van der Waals surface area contributed by atoms with E-state index in [1.54, 1.807) is 10.9 Å². The van der Waals surface area contributed by atoms with Crippen LogP contribution in [0, 0.1) is 6.92 Å². The molecule has 1 fully saturated rings. The van der Waals surface area contributed by atoms with Gasteiger partial charge in [0.05, 0.1) is 23.1 Å². The average Bonchev–Trinajstić information content (AvgIpc) is 2.90. The SMILES string of the molecule is Cc1c(C(=O)NC2CCNC(C)C2)cnn1-c1ccc(Br)cc1. The standard InChI is InChI=1S/C17H21BrN4O/c1-11-9-14(7-8-19-11)21-17(23)16-10-20-22(12(16)2)15-5-3-13(18)4-6-15/h3-6,10-11,14,19H,7-9H2,1-2H3,(H,21,23). The minimum absolute atomic E-state index is 0.0371. The lowest BCUT2D eigenvalue weighted by Gasteiger charge is -2.28. The van der Waals surface area contributed by atoms with E-state index >= 15 is 0 Å². The van der Waals surface area contributed by atoms with Crippen LogP contribution in [0.1, 0.15) is 35.8 Å². The van der Waals surface area contributed by atoms with Crippen LogP contribution in [0.4, 0.5) is 0 Å². The van der Waals surface area contributed by atoms with Gasteiger partial charge in [-0.15, -0.1) is 0 Å². The molecule has 5 nitrogen and oxygen atoms in total. The molecule has 1 aromatic heterocycles. The Kier molecular flexibility index (Phi) is 4.82. The van der Waals surface area contributed by atoms with E-state index in [4.69, 9.17) is 0 Å². The number of nitrogens with one attached hydrogen (secondary N) is 2. The molecule has 0 radical (unpaired) electrons. The van der Waals surface area contributed by atoms with Crippen molar-refractivity contribution in [2.24, 2.45) is 0 Å². The number of amides is 1. The van der Waals surface area contributed by atoms with Crippen LogP contribution in [0.3, 0.4) is 0 Å². The fraction of sp³-hybridized carbons (Fsp3) is 0.412. The van der Waals surface area contributed by atoms with E-state index in [9.17, 15) is 4.79 Å². The first-order chi connectivity index (χ1) is 11.0. The molecule has 0 spiro atoms. The Balaban J connectivity index is 1.75. The van der Waals surface area contributed by atoms with Gasteiger partial charge in [-0.1, -0.05) is 15.9 Å². The Morgan fingerprint density at radius 1 is 1.39 bits per heavy atom. The largest absolute Gasteiger partial charge is 0.349 e. The lowest BCUT2D eigenvalue weighted by Crippen LogP contribution is -2.46. The Labute approximate surface area is 144 Å².